The van der Waals surface area contributed by atoms with Gasteiger partial charge in [-0.1, -0.05) is 31.6 Å². The maximum atomic E-state index is 12.7. The van der Waals surface area contributed by atoms with E-state index in [1.165, 1.54) is 28.7 Å². The van der Waals surface area contributed by atoms with E-state index in [0.29, 0.717) is 11.0 Å². The molecule has 4 heterocycles. The number of likely N-dealkylation sites (tertiary alicyclic amines) is 1. The average Bonchev–Trinajstić information content (AvgIpc) is 3.39. The lowest BCUT2D eigenvalue weighted by atomic mass is 9.96. The Morgan fingerprint density at radius 3 is 2.77 bits per heavy atom. The minimum Gasteiger partial charge on any atom is -0.354 e. The van der Waals surface area contributed by atoms with Crippen molar-refractivity contribution in [3.63, 3.8) is 0 Å². The van der Waals surface area contributed by atoms with E-state index < -0.39 is 0 Å². The number of hydrogen-bond donors (Lipinski definition) is 1. The SMILES string of the molecule is CCCc1cc(=O)n2nc(N3CCC(C(=O)NC[C@H]4CCCN4CC)CC3)sc2n1. The second-order valence-electron chi connectivity index (χ2n) is 8.35. The Labute approximate surface area is 181 Å². The normalized spacial score (nSPS) is 20.9. The van der Waals surface area contributed by atoms with Gasteiger partial charge in [0.1, 0.15) is 0 Å². The van der Waals surface area contributed by atoms with Gasteiger partial charge in [0, 0.05) is 43.4 Å². The van der Waals surface area contributed by atoms with Crippen molar-refractivity contribution in [1.82, 2.24) is 24.8 Å². The Kier molecular flexibility index (Phi) is 6.67. The summed E-state index contributed by atoms with van der Waals surface area (Å²) in [5.74, 6) is 0.244. The molecule has 0 aromatic carbocycles. The third-order valence-corrected chi connectivity index (χ3v) is 7.32. The minimum absolute atomic E-state index is 0.0594. The van der Waals surface area contributed by atoms with Crippen molar-refractivity contribution in [2.75, 3.05) is 37.6 Å². The van der Waals surface area contributed by atoms with Gasteiger partial charge in [-0.3, -0.25) is 14.5 Å². The quantitative estimate of drug-likeness (QED) is 0.720. The van der Waals surface area contributed by atoms with Crippen LogP contribution < -0.4 is 15.8 Å². The standard InChI is InChI=1S/C21H32N6O2S/c1-3-6-16-13-18(28)27-20(23-16)30-21(24-27)26-11-8-15(9-12-26)19(29)22-14-17-7-5-10-25(17)4-2/h13,15,17H,3-12,14H2,1-2H3,(H,22,29)/t17-/m1/s1. The number of aromatic nitrogens is 3. The van der Waals surface area contributed by atoms with E-state index in [2.05, 4.69) is 39.0 Å². The predicted octanol–water partition coefficient (Wildman–Crippen LogP) is 1.92. The summed E-state index contributed by atoms with van der Waals surface area (Å²) in [7, 11) is 0. The first-order valence-corrected chi connectivity index (χ1v) is 12.1. The van der Waals surface area contributed by atoms with Gasteiger partial charge in [0.25, 0.3) is 5.56 Å². The number of nitrogens with one attached hydrogen (secondary N) is 1. The van der Waals surface area contributed by atoms with Gasteiger partial charge < -0.3 is 10.2 Å². The molecule has 0 radical (unpaired) electrons. The lowest BCUT2D eigenvalue weighted by Gasteiger charge is -2.31. The highest BCUT2D eigenvalue weighted by Crippen LogP contribution is 2.27. The van der Waals surface area contributed by atoms with Gasteiger partial charge in [0.05, 0.1) is 0 Å². The summed E-state index contributed by atoms with van der Waals surface area (Å²) < 4.78 is 1.40. The number of carbonyl (C=O) groups excluding carboxylic acids is 1. The van der Waals surface area contributed by atoms with Crippen molar-refractivity contribution < 1.29 is 4.79 Å². The molecule has 0 saturated carbocycles. The summed E-state index contributed by atoms with van der Waals surface area (Å²) >= 11 is 1.46. The van der Waals surface area contributed by atoms with Gasteiger partial charge in [0.2, 0.25) is 16.0 Å². The molecule has 1 amide bonds. The van der Waals surface area contributed by atoms with Crippen LogP contribution in [0.4, 0.5) is 5.13 Å². The zero-order valence-corrected chi connectivity index (χ0v) is 18.8. The molecule has 2 aromatic heterocycles. The Bertz CT molecular complexity index is 933. The van der Waals surface area contributed by atoms with Gasteiger partial charge in [-0.25, -0.2) is 4.98 Å². The van der Waals surface area contributed by atoms with E-state index in [-0.39, 0.29) is 17.4 Å². The summed E-state index contributed by atoms with van der Waals surface area (Å²) in [5, 5.41) is 8.50. The highest BCUT2D eigenvalue weighted by molar-refractivity contribution is 7.20. The zero-order chi connectivity index (χ0) is 21.1. The molecule has 0 spiro atoms. The van der Waals surface area contributed by atoms with Crippen LogP contribution in [0.5, 0.6) is 0 Å². The maximum Gasteiger partial charge on any atom is 0.275 e. The van der Waals surface area contributed by atoms with Crippen LogP contribution in [-0.4, -0.2) is 64.2 Å². The van der Waals surface area contributed by atoms with E-state index in [1.807, 2.05) is 0 Å². The van der Waals surface area contributed by atoms with Crippen LogP contribution in [0.2, 0.25) is 0 Å². The fourth-order valence-electron chi connectivity index (χ4n) is 4.60. The molecule has 0 unspecified atom stereocenters. The number of fused-ring (bicyclic) bond motifs is 1. The van der Waals surface area contributed by atoms with Gasteiger partial charge >= 0.3 is 0 Å². The van der Waals surface area contributed by atoms with Crippen LogP contribution in [0, 0.1) is 5.92 Å². The molecule has 2 fully saturated rings. The first-order valence-electron chi connectivity index (χ1n) is 11.3. The smallest absolute Gasteiger partial charge is 0.275 e. The van der Waals surface area contributed by atoms with Crippen molar-refractivity contribution in [2.24, 2.45) is 5.92 Å². The number of amides is 1. The first kappa shape index (κ1) is 21.2. The molecule has 2 saturated heterocycles. The average molecular weight is 433 g/mol. The highest BCUT2D eigenvalue weighted by Gasteiger charge is 2.29. The van der Waals surface area contributed by atoms with Gasteiger partial charge in [-0.2, -0.15) is 4.52 Å². The van der Waals surface area contributed by atoms with Crippen molar-refractivity contribution in [1.29, 1.82) is 0 Å². The third kappa shape index (κ3) is 4.51. The van der Waals surface area contributed by atoms with Crippen LogP contribution in [-0.2, 0) is 11.2 Å². The summed E-state index contributed by atoms with van der Waals surface area (Å²) in [6.45, 7) is 8.79. The van der Waals surface area contributed by atoms with Crippen molar-refractivity contribution in [3.8, 4) is 0 Å². The third-order valence-electron chi connectivity index (χ3n) is 6.35. The number of carbonyl (C=O) groups is 1. The highest BCUT2D eigenvalue weighted by atomic mass is 32.1. The van der Waals surface area contributed by atoms with Crippen molar-refractivity contribution in [2.45, 2.75) is 58.4 Å². The molecule has 2 aliphatic rings. The van der Waals surface area contributed by atoms with Crippen LogP contribution in [0.1, 0.15) is 51.6 Å². The Morgan fingerprint density at radius 1 is 1.23 bits per heavy atom. The summed E-state index contributed by atoms with van der Waals surface area (Å²) in [6, 6.07) is 2.07. The zero-order valence-electron chi connectivity index (χ0n) is 18.0. The number of hydrogen-bond acceptors (Lipinski definition) is 7. The van der Waals surface area contributed by atoms with Crippen molar-refractivity contribution in [3.05, 3.63) is 22.1 Å². The predicted molar refractivity (Wildman–Crippen MR) is 119 cm³/mol. The first-order chi connectivity index (χ1) is 14.6. The number of likely N-dealkylation sites (N-methyl/N-ethyl adjacent to an activating group) is 1. The molecule has 8 nitrogen and oxygen atoms in total. The summed E-state index contributed by atoms with van der Waals surface area (Å²) in [5.41, 5.74) is 0.713. The molecular weight excluding hydrogens is 400 g/mol. The molecule has 2 aliphatic heterocycles. The van der Waals surface area contributed by atoms with Crippen LogP contribution in [0.25, 0.3) is 4.96 Å². The molecule has 164 valence electrons. The fraction of sp³-hybridized carbons (Fsp3) is 0.714. The Balaban J connectivity index is 1.33. The molecule has 9 heteroatoms. The molecular formula is C21H32N6O2S. The molecule has 4 rings (SSSR count). The van der Waals surface area contributed by atoms with E-state index in [4.69, 9.17) is 0 Å². The second kappa shape index (κ2) is 9.43. The number of rotatable bonds is 7. The molecule has 1 atom stereocenters. The molecule has 2 aromatic rings. The topological polar surface area (TPSA) is 82.8 Å². The summed E-state index contributed by atoms with van der Waals surface area (Å²) in [4.78, 5) is 34.9. The monoisotopic (exact) mass is 432 g/mol. The number of aryl methyl sites for hydroxylation is 1. The Morgan fingerprint density at radius 2 is 2.03 bits per heavy atom. The largest absolute Gasteiger partial charge is 0.354 e. The molecule has 0 aliphatic carbocycles. The van der Waals surface area contributed by atoms with Gasteiger partial charge in [-0.15, -0.1) is 5.10 Å². The van der Waals surface area contributed by atoms with E-state index >= 15 is 0 Å². The lowest BCUT2D eigenvalue weighted by molar-refractivity contribution is -0.125. The molecule has 1 N–H and O–H groups in total. The minimum atomic E-state index is -0.117. The van der Waals surface area contributed by atoms with Crippen LogP contribution >= 0.6 is 11.3 Å². The van der Waals surface area contributed by atoms with Crippen molar-refractivity contribution >= 4 is 27.3 Å². The van der Waals surface area contributed by atoms with Gasteiger partial charge in [0.15, 0.2) is 0 Å². The van der Waals surface area contributed by atoms with E-state index in [0.717, 1.165) is 69.2 Å². The molecule has 0 bridgehead atoms. The summed E-state index contributed by atoms with van der Waals surface area (Å²) in [6.07, 6.45) is 5.79. The van der Waals surface area contributed by atoms with Gasteiger partial charge in [-0.05, 0) is 45.2 Å². The van der Waals surface area contributed by atoms with Crippen LogP contribution in [0.15, 0.2) is 10.9 Å². The number of anilines is 1. The second-order valence-corrected chi connectivity index (χ2v) is 9.28. The maximum absolute atomic E-state index is 12.7. The number of piperidine rings is 1. The van der Waals surface area contributed by atoms with Crippen LogP contribution in [0.3, 0.4) is 0 Å². The molecule has 30 heavy (non-hydrogen) atoms. The van der Waals surface area contributed by atoms with E-state index in [1.54, 1.807) is 6.07 Å². The van der Waals surface area contributed by atoms with E-state index in [9.17, 15) is 9.59 Å². The lowest BCUT2D eigenvalue weighted by Crippen LogP contribution is -2.45. The Hall–Kier alpha value is -2.00. The fourth-order valence-corrected chi connectivity index (χ4v) is 5.57. The number of nitrogens with zero attached hydrogens (tertiary/aromatic N) is 5.